The molecule has 1 fully saturated rings. The molecule has 0 spiro atoms. The fourth-order valence-electron chi connectivity index (χ4n) is 2.45. The van der Waals surface area contributed by atoms with Gasteiger partial charge >= 0.3 is 0 Å². The SMILES string of the molecule is NC1(CNS(=O)(=O)c2cccc3cnccc23)CCC1. The van der Waals surface area contributed by atoms with Crippen molar-refractivity contribution in [1.82, 2.24) is 9.71 Å². The maximum absolute atomic E-state index is 12.4. The van der Waals surface area contributed by atoms with Gasteiger partial charge in [0.15, 0.2) is 0 Å². The highest BCUT2D eigenvalue weighted by Gasteiger charge is 2.33. The normalized spacial score (nSPS) is 17.9. The van der Waals surface area contributed by atoms with Crippen LogP contribution in [-0.2, 0) is 10.0 Å². The molecule has 0 unspecified atom stereocenters. The number of aromatic nitrogens is 1. The molecule has 0 amide bonds. The first-order valence-corrected chi connectivity index (χ1v) is 8.10. The van der Waals surface area contributed by atoms with E-state index >= 15 is 0 Å². The Morgan fingerprint density at radius 2 is 2.10 bits per heavy atom. The lowest BCUT2D eigenvalue weighted by Gasteiger charge is -2.38. The molecule has 0 saturated heterocycles. The van der Waals surface area contributed by atoms with Gasteiger partial charge in [-0.25, -0.2) is 13.1 Å². The molecule has 1 aromatic heterocycles. The summed E-state index contributed by atoms with van der Waals surface area (Å²) in [5, 5.41) is 1.48. The second kappa shape index (κ2) is 4.80. The van der Waals surface area contributed by atoms with Crippen molar-refractivity contribution in [1.29, 1.82) is 0 Å². The Hall–Kier alpha value is -1.50. The Bertz CT molecular complexity index is 734. The number of nitrogens with two attached hydrogens (primary N) is 1. The van der Waals surface area contributed by atoms with E-state index in [1.54, 1.807) is 30.6 Å². The third kappa shape index (κ3) is 2.42. The fraction of sp³-hybridized carbons (Fsp3) is 0.357. The number of sulfonamides is 1. The first-order chi connectivity index (χ1) is 9.50. The van der Waals surface area contributed by atoms with Crippen LogP contribution in [0.4, 0.5) is 0 Å². The van der Waals surface area contributed by atoms with Gasteiger partial charge in [0.25, 0.3) is 0 Å². The Balaban J connectivity index is 1.93. The summed E-state index contributed by atoms with van der Waals surface area (Å²) >= 11 is 0. The van der Waals surface area contributed by atoms with Gasteiger partial charge in [0.05, 0.1) is 4.90 Å². The molecule has 0 aliphatic heterocycles. The molecule has 6 heteroatoms. The highest BCUT2D eigenvalue weighted by Crippen LogP contribution is 2.29. The highest BCUT2D eigenvalue weighted by molar-refractivity contribution is 7.89. The molecule has 1 saturated carbocycles. The van der Waals surface area contributed by atoms with Crippen LogP contribution in [0, 0.1) is 0 Å². The van der Waals surface area contributed by atoms with Crippen molar-refractivity contribution in [3.05, 3.63) is 36.7 Å². The monoisotopic (exact) mass is 291 g/mol. The molecule has 1 aromatic carbocycles. The number of benzene rings is 1. The van der Waals surface area contributed by atoms with Gasteiger partial charge in [-0.3, -0.25) is 4.98 Å². The molecule has 3 rings (SSSR count). The lowest BCUT2D eigenvalue weighted by molar-refractivity contribution is 0.251. The zero-order valence-corrected chi connectivity index (χ0v) is 11.9. The van der Waals surface area contributed by atoms with Crippen molar-refractivity contribution in [2.75, 3.05) is 6.54 Å². The Morgan fingerprint density at radius 3 is 2.80 bits per heavy atom. The van der Waals surface area contributed by atoms with E-state index in [0.717, 1.165) is 24.6 Å². The largest absolute Gasteiger partial charge is 0.324 e. The number of hydrogen-bond donors (Lipinski definition) is 2. The molecule has 0 radical (unpaired) electrons. The van der Waals surface area contributed by atoms with Gasteiger partial charge in [0.2, 0.25) is 10.0 Å². The van der Waals surface area contributed by atoms with Crippen LogP contribution in [0.1, 0.15) is 19.3 Å². The van der Waals surface area contributed by atoms with Crippen LogP contribution in [-0.4, -0.2) is 25.5 Å². The number of hydrogen-bond acceptors (Lipinski definition) is 4. The molecular weight excluding hydrogens is 274 g/mol. The predicted octanol–water partition coefficient (Wildman–Crippen LogP) is 1.39. The van der Waals surface area contributed by atoms with Crippen molar-refractivity contribution in [2.24, 2.45) is 5.73 Å². The molecule has 2 aromatic rings. The minimum absolute atomic E-state index is 0.278. The Labute approximate surface area is 118 Å². The quantitative estimate of drug-likeness (QED) is 0.891. The summed E-state index contributed by atoms with van der Waals surface area (Å²) in [7, 11) is -3.55. The Kier molecular flexibility index (Phi) is 3.24. The molecule has 1 aliphatic rings. The van der Waals surface area contributed by atoms with E-state index in [1.807, 2.05) is 6.07 Å². The average Bonchev–Trinajstić information content (AvgIpc) is 2.42. The van der Waals surface area contributed by atoms with E-state index in [0.29, 0.717) is 5.39 Å². The van der Waals surface area contributed by atoms with Crippen LogP contribution in [0.3, 0.4) is 0 Å². The topological polar surface area (TPSA) is 85.1 Å². The average molecular weight is 291 g/mol. The summed E-state index contributed by atoms with van der Waals surface area (Å²) in [5.41, 5.74) is 5.69. The van der Waals surface area contributed by atoms with Crippen molar-refractivity contribution >= 4 is 20.8 Å². The minimum Gasteiger partial charge on any atom is -0.324 e. The lowest BCUT2D eigenvalue weighted by atomic mass is 9.78. The van der Waals surface area contributed by atoms with Crippen LogP contribution in [0.25, 0.3) is 10.8 Å². The number of nitrogens with one attached hydrogen (secondary N) is 1. The summed E-state index contributed by atoms with van der Waals surface area (Å²) in [4.78, 5) is 4.29. The van der Waals surface area contributed by atoms with Gasteiger partial charge in [0.1, 0.15) is 0 Å². The summed E-state index contributed by atoms with van der Waals surface area (Å²) in [5.74, 6) is 0. The molecule has 1 aliphatic carbocycles. The van der Waals surface area contributed by atoms with Crippen molar-refractivity contribution in [2.45, 2.75) is 29.7 Å². The van der Waals surface area contributed by atoms with Crippen LogP contribution in [0.15, 0.2) is 41.6 Å². The van der Waals surface area contributed by atoms with E-state index in [-0.39, 0.29) is 17.0 Å². The molecule has 1 heterocycles. The fourth-order valence-corrected chi connectivity index (χ4v) is 3.82. The van der Waals surface area contributed by atoms with Gasteiger partial charge in [-0.15, -0.1) is 0 Å². The lowest BCUT2D eigenvalue weighted by Crippen LogP contribution is -2.54. The van der Waals surface area contributed by atoms with Gasteiger partial charge in [0, 0.05) is 35.2 Å². The van der Waals surface area contributed by atoms with E-state index in [4.69, 9.17) is 5.73 Å². The van der Waals surface area contributed by atoms with Crippen LogP contribution < -0.4 is 10.5 Å². The molecule has 106 valence electrons. The van der Waals surface area contributed by atoms with Gasteiger partial charge < -0.3 is 5.73 Å². The first-order valence-electron chi connectivity index (χ1n) is 6.62. The summed E-state index contributed by atoms with van der Waals surface area (Å²) in [6.45, 7) is 0.288. The Morgan fingerprint density at radius 1 is 1.30 bits per heavy atom. The second-order valence-electron chi connectivity index (χ2n) is 5.39. The molecule has 0 bridgehead atoms. The predicted molar refractivity (Wildman–Crippen MR) is 77.7 cm³/mol. The van der Waals surface area contributed by atoms with Gasteiger partial charge in [-0.1, -0.05) is 12.1 Å². The smallest absolute Gasteiger partial charge is 0.241 e. The minimum atomic E-state index is -3.55. The van der Waals surface area contributed by atoms with Crippen LogP contribution in [0.2, 0.25) is 0 Å². The van der Waals surface area contributed by atoms with E-state index < -0.39 is 10.0 Å². The summed E-state index contributed by atoms with van der Waals surface area (Å²) in [6, 6.07) is 6.89. The maximum Gasteiger partial charge on any atom is 0.241 e. The molecule has 20 heavy (non-hydrogen) atoms. The molecule has 3 N–H and O–H groups in total. The first kappa shape index (κ1) is 13.5. The van der Waals surface area contributed by atoms with E-state index in [9.17, 15) is 8.42 Å². The molecular formula is C14H17N3O2S. The second-order valence-corrected chi connectivity index (χ2v) is 7.13. The molecule has 0 atom stereocenters. The van der Waals surface area contributed by atoms with Crippen LogP contribution in [0.5, 0.6) is 0 Å². The van der Waals surface area contributed by atoms with Crippen molar-refractivity contribution in [3.63, 3.8) is 0 Å². The molecule has 5 nitrogen and oxygen atoms in total. The number of rotatable bonds is 4. The van der Waals surface area contributed by atoms with Crippen LogP contribution >= 0.6 is 0 Å². The summed E-state index contributed by atoms with van der Waals surface area (Å²) < 4.78 is 27.5. The standard InChI is InChI=1S/C14H17N3O2S/c15-14(6-2-7-14)10-17-20(18,19)13-4-1-3-11-9-16-8-5-12(11)13/h1,3-5,8-9,17H,2,6-7,10,15H2. The van der Waals surface area contributed by atoms with Crippen molar-refractivity contribution in [3.8, 4) is 0 Å². The third-order valence-corrected chi connectivity index (χ3v) is 5.35. The number of pyridine rings is 1. The third-order valence-electron chi connectivity index (χ3n) is 3.89. The van der Waals surface area contributed by atoms with E-state index in [2.05, 4.69) is 9.71 Å². The van der Waals surface area contributed by atoms with Gasteiger partial charge in [-0.05, 0) is 31.4 Å². The van der Waals surface area contributed by atoms with Crippen molar-refractivity contribution < 1.29 is 8.42 Å². The maximum atomic E-state index is 12.4. The van der Waals surface area contributed by atoms with Gasteiger partial charge in [-0.2, -0.15) is 0 Å². The zero-order chi connectivity index (χ0) is 14.2. The number of nitrogens with zero attached hydrogens (tertiary/aromatic N) is 1. The zero-order valence-electron chi connectivity index (χ0n) is 11.0. The van der Waals surface area contributed by atoms with E-state index in [1.165, 1.54) is 0 Å². The summed E-state index contributed by atoms with van der Waals surface area (Å²) in [6.07, 6.45) is 6.06. The highest BCUT2D eigenvalue weighted by atomic mass is 32.2. The number of fused-ring (bicyclic) bond motifs is 1.